The van der Waals surface area contributed by atoms with Crippen molar-refractivity contribution >= 4 is 46.7 Å². The molecule has 3 rings (SSSR count). The Morgan fingerprint density at radius 3 is 2.48 bits per heavy atom. The fourth-order valence-corrected chi connectivity index (χ4v) is 3.51. The van der Waals surface area contributed by atoms with E-state index in [0.717, 1.165) is 16.8 Å². The molecule has 3 aromatic carbocycles. The first-order valence-electron chi connectivity index (χ1n) is 10.3. The number of hydrogen-bond donors (Lipinski definition) is 1. The van der Waals surface area contributed by atoms with Gasteiger partial charge in [-0.3, -0.25) is 9.59 Å². The van der Waals surface area contributed by atoms with Crippen LogP contribution in [0, 0.1) is 6.92 Å². The molecule has 0 saturated heterocycles. The van der Waals surface area contributed by atoms with Crippen molar-refractivity contribution in [1.82, 2.24) is 0 Å². The summed E-state index contributed by atoms with van der Waals surface area (Å²) in [5.41, 5.74) is 2.80. The normalized spacial score (nSPS) is 10.8. The Morgan fingerprint density at radius 2 is 1.76 bits per heavy atom. The zero-order valence-electron chi connectivity index (χ0n) is 18.2. The largest absolute Gasteiger partial charge is 0.490 e. The average Bonchev–Trinajstić information content (AvgIpc) is 2.78. The highest BCUT2D eigenvalue weighted by atomic mass is 35.5. The Kier molecular flexibility index (Phi) is 8.52. The monoisotopic (exact) mass is 483 g/mol. The molecule has 0 aromatic heterocycles. The summed E-state index contributed by atoms with van der Waals surface area (Å²) < 4.78 is 11.3. The van der Waals surface area contributed by atoms with E-state index in [-0.39, 0.29) is 18.3 Å². The van der Waals surface area contributed by atoms with Crippen LogP contribution in [0.4, 0.5) is 5.69 Å². The van der Waals surface area contributed by atoms with E-state index in [1.807, 2.05) is 38.1 Å². The first-order chi connectivity index (χ1) is 15.9. The van der Waals surface area contributed by atoms with Crippen LogP contribution >= 0.6 is 23.2 Å². The van der Waals surface area contributed by atoms with Crippen LogP contribution in [0.2, 0.25) is 10.0 Å². The van der Waals surface area contributed by atoms with Crippen molar-refractivity contribution in [3.05, 3.63) is 93.5 Å². The number of ether oxygens (including phenoxy) is 2. The van der Waals surface area contributed by atoms with Crippen molar-refractivity contribution in [2.45, 2.75) is 13.8 Å². The second-order valence-corrected chi connectivity index (χ2v) is 7.96. The van der Waals surface area contributed by atoms with Gasteiger partial charge in [0.2, 0.25) is 0 Å². The fourth-order valence-electron chi connectivity index (χ4n) is 3.01. The van der Waals surface area contributed by atoms with Crippen LogP contribution in [0.25, 0.3) is 6.08 Å². The van der Waals surface area contributed by atoms with Gasteiger partial charge in [-0.15, -0.1) is 0 Å². The van der Waals surface area contributed by atoms with Gasteiger partial charge in [0.15, 0.2) is 23.9 Å². The van der Waals surface area contributed by atoms with Crippen LogP contribution < -0.4 is 14.8 Å². The molecule has 5 nitrogen and oxygen atoms in total. The number of halogens is 2. The Labute approximate surface area is 202 Å². The number of rotatable bonds is 9. The van der Waals surface area contributed by atoms with E-state index in [0.29, 0.717) is 33.7 Å². The second-order valence-electron chi connectivity index (χ2n) is 7.11. The molecular formula is C26H23Cl2NO4. The molecule has 0 radical (unpaired) electrons. The SMILES string of the molecule is CCOc1cc(/C=C/C(=O)c2ccc(Cl)cc2Cl)ccc1OCC(=O)Nc1ccccc1C. The number of hydrogen-bond acceptors (Lipinski definition) is 4. The third-order valence-corrected chi connectivity index (χ3v) is 5.22. The molecule has 0 unspecified atom stereocenters. The van der Waals surface area contributed by atoms with Gasteiger partial charge in [0.25, 0.3) is 5.91 Å². The molecule has 0 aliphatic rings. The predicted molar refractivity (Wildman–Crippen MR) is 133 cm³/mol. The molecule has 170 valence electrons. The van der Waals surface area contributed by atoms with Crippen molar-refractivity contribution in [2.24, 2.45) is 0 Å². The lowest BCUT2D eigenvalue weighted by atomic mass is 10.1. The molecule has 0 spiro atoms. The summed E-state index contributed by atoms with van der Waals surface area (Å²) in [6.07, 6.45) is 3.08. The molecule has 0 aliphatic carbocycles. The number of allylic oxidation sites excluding steroid dienone is 1. The van der Waals surface area contributed by atoms with E-state index in [2.05, 4.69) is 5.32 Å². The first-order valence-corrected chi connectivity index (χ1v) is 11.1. The fraction of sp³-hybridized carbons (Fsp3) is 0.154. The van der Waals surface area contributed by atoms with Crippen LogP contribution in [-0.2, 0) is 4.79 Å². The minimum atomic E-state index is -0.277. The Balaban J connectivity index is 1.68. The standard InChI is InChI=1S/C26H23Cl2NO4/c1-3-32-25-14-18(8-12-23(30)20-11-10-19(27)15-21(20)28)9-13-24(25)33-16-26(31)29-22-7-5-4-6-17(22)2/h4-15H,3,16H2,1-2H3,(H,29,31)/b12-8+. The highest BCUT2D eigenvalue weighted by Crippen LogP contribution is 2.29. The van der Waals surface area contributed by atoms with E-state index >= 15 is 0 Å². The van der Waals surface area contributed by atoms with Gasteiger partial charge in [-0.2, -0.15) is 0 Å². The summed E-state index contributed by atoms with van der Waals surface area (Å²) >= 11 is 12.0. The smallest absolute Gasteiger partial charge is 0.262 e. The van der Waals surface area contributed by atoms with E-state index in [1.165, 1.54) is 12.1 Å². The molecule has 1 N–H and O–H groups in total. The minimum Gasteiger partial charge on any atom is -0.490 e. The number of carbonyl (C=O) groups is 2. The molecule has 7 heteroatoms. The molecule has 0 heterocycles. The molecule has 3 aromatic rings. The average molecular weight is 484 g/mol. The molecule has 0 aliphatic heterocycles. The summed E-state index contributed by atoms with van der Waals surface area (Å²) in [6, 6.07) is 17.4. The van der Waals surface area contributed by atoms with Crippen LogP contribution in [0.5, 0.6) is 11.5 Å². The highest BCUT2D eigenvalue weighted by molar-refractivity contribution is 6.37. The summed E-state index contributed by atoms with van der Waals surface area (Å²) in [4.78, 5) is 24.8. The maximum Gasteiger partial charge on any atom is 0.262 e. The van der Waals surface area contributed by atoms with Gasteiger partial charge in [-0.25, -0.2) is 0 Å². The topological polar surface area (TPSA) is 64.6 Å². The first kappa shape index (κ1) is 24.4. The number of amides is 1. The number of aryl methyl sites for hydroxylation is 1. The summed E-state index contributed by atoms with van der Waals surface area (Å²) in [5.74, 6) is 0.380. The number of anilines is 1. The molecule has 33 heavy (non-hydrogen) atoms. The predicted octanol–water partition coefficient (Wildman–Crippen LogP) is 6.61. The van der Waals surface area contributed by atoms with E-state index in [4.69, 9.17) is 32.7 Å². The Morgan fingerprint density at radius 1 is 0.970 bits per heavy atom. The van der Waals surface area contributed by atoms with Crippen molar-refractivity contribution in [1.29, 1.82) is 0 Å². The lowest BCUT2D eigenvalue weighted by Gasteiger charge is -2.13. The molecule has 0 atom stereocenters. The second kappa shape index (κ2) is 11.5. The Hall–Kier alpha value is -3.28. The third kappa shape index (κ3) is 6.85. The maximum absolute atomic E-state index is 12.5. The summed E-state index contributed by atoms with van der Waals surface area (Å²) in [6.45, 7) is 4.01. The zero-order chi connectivity index (χ0) is 23.8. The van der Waals surface area contributed by atoms with Crippen molar-refractivity contribution in [3.63, 3.8) is 0 Å². The summed E-state index contributed by atoms with van der Waals surface area (Å²) in [7, 11) is 0. The summed E-state index contributed by atoms with van der Waals surface area (Å²) in [5, 5.41) is 3.58. The van der Waals surface area contributed by atoms with Crippen molar-refractivity contribution in [3.8, 4) is 11.5 Å². The van der Waals surface area contributed by atoms with Gasteiger partial charge < -0.3 is 14.8 Å². The quantitative estimate of drug-likeness (QED) is 0.274. The number of ketones is 1. The van der Waals surface area contributed by atoms with Crippen molar-refractivity contribution in [2.75, 3.05) is 18.5 Å². The van der Waals surface area contributed by atoms with Gasteiger partial charge in [0, 0.05) is 16.3 Å². The van der Waals surface area contributed by atoms with E-state index in [9.17, 15) is 9.59 Å². The molecule has 1 amide bonds. The molecule has 0 fully saturated rings. The number of carbonyl (C=O) groups excluding carboxylic acids is 2. The number of para-hydroxylation sites is 1. The van der Waals surface area contributed by atoms with Gasteiger partial charge >= 0.3 is 0 Å². The molecular weight excluding hydrogens is 461 g/mol. The minimum absolute atomic E-state index is 0.169. The van der Waals surface area contributed by atoms with Crippen molar-refractivity contribution < 1.29 is 19.1 Å². The van der Waals surface area contributed by atoms with Gasteiger partial charge in [0.1, 0.15) is 0 Å². The van der Waals surface area contributed by atoms with Gasteiger partial charge in [0.05, 0.1) is 11.6 Å². The van der Waals surface area contributed by atoms with E-state index < -0.39 is 0 Å². The zero-order valence-corrected chi connectivity index (χ0v) is 19.7. The van der Waals surface area contributed by atoms with Gasteiger partial charge in [-0.05, 0) is 67.4 Å². The third-order valence-electron chi connectivity index (χ3n) is 4.67. The molecule has 0 bridgehead atoms. The maximum atomic E-state index is 12.5. The lowest BCUT2D eigenvalue weighted by molar-refractivity contribution is -0.118. The van der Waals surface area contributed by atoms with Crippen LogP contribution in [0.1, 0.15) is 28.4 Å². The Bertz CT molecular complexity index is 1190. The van der Waals surface area contributed by atoms with Gasteiger partial charge in [-0.1, -0.05) is 53.5 Å². The highest BCUT2D eigenvalue weighted by Gasteiger charge is 2.11. The lowest BCUT2D eigenvalue weighted by Crippen LogP contribution is -2.20. The molecule has 0 saturated carbocycles. The van der Waals surface area contributed by atoms with Crippen LogP contribution in [0.15, 0.2) is 66.7 Å². The number of benzene rings is 3. The number of nitrogens with one attached hydrogen (secondary N) is 1. The van der Waals surface area contributed by atoms with Crippen LogP contribution in [-0.4, -0.2) is 24.9 Å². The van der Waals surface area contributed by atoms with Crippen LogP contribution in [0.3, 0.4) is 0 Å². The van der Waals surface area contributed by atoms with E-state index in [1.54, 1.807) is 36.4 Å².